The molecule has 0 radical (unpaired) electrons. The van der Waals surface area contributed by atoms with Gasteiger partial charge < -0.3 is 15.1 Å². The van der Waals surface area contributed by atoms with Crippen LogP contribution in [0, 0.1) is 0 Å². The van der Waals surface area contributed by atoms with Crippen LogP contribution >= 0.6 is 0 Å². The van der Waals surface area contributed by atoms with Crippen molar-refractivity contribution in [3.63, 3.8) is 0 Å². The van der Waals surface area contributed by atoms with Gasteiger partial charge in [0, 0.05) is 25.6 Å². The molecule has 1 saturated heterocycles. The normalized spacial score (nSPS) is 19.7. The molecule has 1 unspecified atom stereocenters. The highest BCUT2D eigenvalue weighted by Gasteiger charge is 2.23. The molecule has 0 aromatic carbocycles. The minimum Gasteiger partial charge on any atom is -0.469 e. The first kappa shape index (κ1) is 11.3. The summed E-state index contributed by atoms with van der Waals surface area (Å²) in [6, 6.07) is 2.14. The predicted octanol–water partition coefficient (Wildman–Crippen LogP) is 1.16. The molecule has 96 valence electrons. The summed E-state index contributed by atoms with van der Waals surface area (Å²) in [6.45, 7) is 3.80. The summed E-state index contributed by atoms with van der Waals surface area (Å²) in [7, 11) is 0. The van der Waals surface area contributed by atoms with E-state index in [1.54, 1.807) is 6.26 Å². The van der Waals surface area contributed by atoms with Crippen LogP contribution in [-0.2, 0) is 6.42 Å². The molecule has 1 aliphatic rings. The smallest absolute Gasteiger partial charge is 0.245 e. The number of hydrogen-bond acceptors (Lipinski definition) is 5. The second kappa shape index (κ2) is 4.45. The molecule has 3 heterocycles. The molecule has 1 fully saturated rings. The maximum absolute atomic E-state index is 5.89. The van der Waals surface area contributed by atoms with E-state index in [9.17, 15) is 0 Å². The van der Waals surface area contributed by atoms with Gasteiger partial charge in [0.1, 0.15) is 5.76 Å². The third-order valence-corrected chi connectivity index (χ3v) is 3.30. The van der Waals surface area contributed by atoms with E-state index in [1.807, 2.05) is 6.07 Å². The average molecular weight is 247 g/mol. The maximum atomic E-state index is 5.89. The molecule has 3 N–H and O–H groups in total. The zero-order valence-electron chi connectivity index (χ0n) is 10.4. The molecule has 6 heteroatoms. The van der Waals surface area contributed by atoms with Gasteiger partial charge in [0.15, 0.2) is 5.82 Å². The largest absolute Gasteiger partial charge is 0.469 e. The van der Waals surface area contributed by atoms with Crippen LogP contribution in [0.15, 0.2) is 16.7 Å². The van der Waals surface area contributed by atoms with Gasteiger partial charge in [0.05, 0.1) is 11.8 Å². The SMILES string of the molecule is CCc1occc1-c1nc(N2CCC(N)C2)n[nH]1. The fraction of sp³-hybridized carbons (Fsp3) is 0.500. The number of nitrogens with one attached hydrogen (secondary N) is 1. The highest BCUT2D eigenvalue weighted by atomic mass is 16.3. The van der Waals surface area contributed by atoms with Crippen molar-refractivity contribution in [3.8, 4) is 11.4 Å². The summed E-state index contributed by atoms with van der Waals surface area (Å²) in [6.07, 6.45) is 3.52. The van der Waals surface area contributed by atoms with Crippen LogP contribution in [0.2, 0.25) is 0 Å². The van der Waals surface area contributed by atoms with E-state index in [-0.39, 0.29) is 6.04 Å². The Hall–Kier alpha value is -1.82. The molecular formula is C12H17N5O. The van der Waals surface area contributed by atoms with Crippen LogP contribution in [0.25, 0.3) is 11.4 Å². The van der Waals surface area contributed by atoms with Crippen molar-refractivity contribution >= 4 is 5.95 Å². The molecule has 18 heavy (non-hydrogen) atoms. The number of anilines is 1. The molecule has 2 aromatic rings. The van der Waals surface area contributed by atoms with Crippen LogP contribution in [0.5, 0.6) is 0 Å². The van der Waals surface area contributed by atoms with Crippen molar-refractivity contribution in [2.45, 2.75) is 25.8 Å². The Morgan fingerprint density at radius 3 is 3.22 bits per heavy atom. The Morgan fingerprint density at radius 2 is 2.50 bits per heavy atom. The quantitative estimate of drug-likeness (QED) is 0.850. The van der Waals surface area contributed by atoms with Gasteiger partial charge in [-0.2, -0.15) is 4.98 Å². The molecular weight excluding hydrogens is 230 g/mol. The van der Waals surface area contributed by atoms with Gasteiger partial charge >= 0.3 is 0 Å². The molecule has 0 amide bonds. The molecule has 6 nitrogen and oxygen atoms in total. The first-order chi connectivity index (χ1) is 8.78. The summed E-state index contributed by atoms with van der Waals surface area (Å²) in [5, 5.41) is 7.23. The van der Waals surface area contributed by atoms with Crippen LogP contribution < -0.4 is 10.6 Å². The van der Waals surface area contributed by atoms with Crippen LogP contribution in [-0.4, -0.2) is 34.3 Å². The standard InChI is InChI=1S/C12H17N5O/c1-2-10-9(4-6-18-10)11-14-12(16-15-11)17-5-3-8(13)7-17/h4,6,8H,2-3,5,7,13H2,1H3,(H,14,15,16). The van der Waals surface area contributed by atoms with E-state index in [0.717, 1.165) is 49.0 Å². The molecule has 3 rings (SSSR count). The van der Waals surface area contributed by atoms with Crippen molar-refractivity contribution in [2.75, 3.05) is 18.0 Å². The first-order valence-electron chi connectivity index (χ1n) is 6.27. The zero-order valence-corrected chi connectivity index (χ0v) is 10.4. The number of rotatable bonds is 3. The Labute approximate surface area is 105 Å². The molecule has 0 aliphatic carbocycles. The van der Waals surface area contributed by atoms with Crippen LogP contribution in [0.1, 0.15) is 19.1 Å². The third-order valence-electron chi connectivity index (χ3n) is 3.30. The Balaban J connectivity index is 1.85. The second-order valence-corrected chi connectivity index (χ2v) is 4.59. The maximum Gasteiger partial charge on any atom is 0.245 e. The van der Waals surface area contributed by atoms with Crippen molar-refractivity contribution in [2.24, 2.45) is 5.73 Å². The predicted molar refractivity (Wildman–Crippen MR) is 68.3 cm³/mol. The van der Waals surface area contributed by atoms with E-state index in [0.29, 0.717) is 0 Å². The molecule has 2 aromatic heterocycles. The second-order valence-electron chi connectivity index (χ2n) is 4.59. The molecule has 0 bridgehead atoms. The number of aromatic amines is 1. The summed E-state index contributed by atoms with van der Waals surface area (Å²) >= 11 is 0. The van der Waals surface area contributed by atoms with E-state index in [4.69, 9.17) is 10.2 Å². The minimum absolute atomic E-state index is 0.229. The number of aromatic nitrogens is 3. The highest BCUT2D eigenvalue weighted by Crippen LogP contribution is 2.24. The van der Waals surface area contributed by atoms with Crippen LogP contribution in [0.3, 0.4) is 0 Å². The fourth-order valence-electron chi connectivity index (χ4n) is 2.31. The number of hydrogen-bond donors (Lipinski definition) is 2. The van der Waals surface area contributed by atoms with Gasteiger partial charge in [-0.1, -0.05) is 6.92 Å². The lowest BCUT2D eigenvalue weighted by Gasteiger charge is -2.11. The fourth-order valence-corrected chi connectivity index (χ4v) is 2.31. The van der Waals surface area contributed by atoms with Crippen molar-refractivity contribution < 1.29 is 4.42 Å². The minimum atomic E-state index is 0.229. The van der Waals surface area contributed by atoms with E-state index >= 15 is 0 Å². The Bertz CT molecular complexity index is 532. The molecule has 1 aliphatic heterocycles. The average Bonchev–Trinajstić information content (AvgIpc) is 3.07. The third kappa shape index (κ3) is 1.88. The lowest BCUT2D eigenvalue weighted by molar-refractivity contribution is 0.517. The highest BCUT2D eigenvalue weighted by molar-refractivity contribution is 5.58. The van der Waals surface area contributed by atoms with E-state index in [1.165, 1.54) is 0 Å². The van der Waals surface area contributed by atoms with E-state index < -0.39 is 0 Å². The Kier molecular flexibility index (Phi) is 2.79. The number of H-pyrrole nitrogens is 1. The topological polar surface area (TPSA) is 84.0 Å². The van der Waals surface area contributed by atoms with Gasteiger partial charge in [-0.3, -0.25) is 5.10 Å². The summed E-state index contributed by atoms with van der Waals surface area (Å²) in [5.41, 5.74) is 6.87. The molecule has 0 saturated carbocycles. The van der Waals surface area contributed by atoms with E-state index in [2.05, 4.69) is 27.0 Å². The van der Waals surface area contributed by atoms with Crippen molar-refractivity contribution in [3.05, 3.63) is 18.1 Å². The number of furan rings is 1. The monoisotopic (exact) mass is 247 g/mol. The molecule has 1 atom stereocenters. The van der Waals surface area contributed by atoms with Crippen molar-refractivity contribution in [1.82, 2.24) is 15.2 Å². The van der Waals surface area contributed by atoms with Gasteiger partial charge in [-0.25, -0.2) is 0 Å². The van der Waals surface area contributed by atoms with Crippen molar-refractivity contribution in [1.29, 1.82) is 0 Å². The zero-order chi connectivity index (χ0) is 12.5. The molecule has 0 spiro atoms. The van der Waals surface area contributed by atoms with Gasteiger partial charge in [-0.15, -0.1) is 5.10 Å². The summed E-state index contributed by atoms with van der Waals surface area (Å²) in [4.78, 5) is 6.63. The number of nitrogens with zero attached hydrogens (tertiary/aromatic N) is 3. The number of aryl methyl sites for hydroxylation is 1. The lowest BCUT2D eigenvalue weighted by atomic mass is 10.2. The van der Waals surface area contributed by atoms with Gasteiger partial charge in [-0.05, 0) is 12.5 Å². The number of nitrogens with two attached hydrogens (primary N) is 1. The first-order valence-corrected chi connectivity index (χ1v) is 6.27. The summed E-state index contributed by atoms with van der Waals surface area (Å²) in [5.74, 6) is 2.41. The van der Waals surface area contributed by atoms with Gasteiger partial charge in [0.2, 0.25) is 5.95 Å². The lowest BCUT2D eigenvalue weighted by Crippen LogP contribution is -2.26. The van der Waals surface area contributed by atoms with Gasteiger partial charge in [0.25, 0.3) is 0 Å². The van der Waals surface area contributed by atoms with Crippen LogP contribution in [0.4, 0.5) is 5.95 Å². The Morgan fingerprint density at radius 1 is 1.61 bits per heavy atom. The summed E-state index contributed by atoms with van der Waals surface area (Å²) < 4.78 is 5.40.